The standard InChI is InChI=1S/C40H55N5O6/c1-27-24-45(28(2)26-46)38(47)34-23-32(42-39(48)41-31-16-6-5-7-17-31)20-21-36(34)51-29(3)13-10-11-22-50-37(27)25-44(4)40(49)43-35-19-12-15-30-14-8-9-18-33(30)35/h8-9,12,14-15,18-21,23,27-29,31,37,46H,5-7,10-11,13,16-17,22,24-26H2,1-4H3,(H,43,49)(H2,41,42,48)/t27-,28+,29-,37-/m0/s1. The van der Waals surface area contributed by atoms with Crippen molar-refractivity contribution in [1.82, 2.24) is 15.1 Å². The van der Waals surface area contributed by atoms with E-state index in [0.717, 1.165) is 61.4 Å². The summed E-state index contributed by atoms with van der Waals surface area (Å²) in [6, 6.07) is 18.0. The molecule has 0 bridgehead atoms. The van der Waals surface area contributed by atoms with Gasteiger partial charge in [-0.25, -0.2) is 9.59 Å². The van der Waals surface area contributed by atoms with Gasteiger partial charge in [-0.3, -0.25) is 4.79 Å². The van der Waals surface area contributed by atoms with Crippen LogP contribution in [0.25, 0.3) is 10.8 Å². The molecule has 4 atom stereocenters. The Bertz CT molecular complexity index is 1620. The van der Waals surface area contributed by atoms with Gasteiger partial charge in [0.2, 0.25) is 0 Å². The minimum Gasteiger partial charge on any atom is -0.490 e. The first-order valence-corrected chi connectivity index (χ1v) is 18.5. The first-order chi connectivity index (χ1) is 24.6. The molecule has 0 unspecified atom stereocenters. The summed E-state index contributed by atoms with van der Waals surface area (Å²) in [6.45, 7) is 6.60. The lowest BCUT2D eigenvalue weighted by atomic mass is 9.96. The highest BCUT2D eigenvalue weighted by molar-refractivity contribution is 6.01. The van der Waals surface area contributed by atoms with Gasteiger partial charge in [-0.1, -0.05) is 62.6 Å². The van der Waals surface area contributed by atoms with Gasteiger partial charge < -0.3 is 40.3 Å². The zero-order valence-electron chi connectivity index (χ0n) is 30.5. The molecule has 5 rings (SSSR count). The normalized spacial score (nSPS) is 21.5. The first-order valence-electron chi connectivity index (χ1n) is 18.5. The number of anilines is 2. The molecule has 0 radical (unpaired) electrons. The van der Waals surface area contributed by atoms with E-state index in [2.05, 4.69) is 16.0 Å². The number of aliphatic hydroxyl groups is 1. The summed E-state index contributed by atoms with van der Waals surface area (Å²) in [7, 11) is 1.75. The highest BCUT2D eigenvalue weighted by atomic mass is 16.5. The predicted octanol–water partition coefficient (Wildman–Crippen LogP) is 7.25. The van der Waals surface area contributed by atoms with Crippen LogP contribution in [-0.4, -0.2) is 90.5 Å². The zero-order valence-corrected chi connectivity index (χ0v) is 30.5. The average Bonchev–Trinajstić information content (AvgIpc) is 3.13. The van der Waals surface area contributed by atoms with Crippen molar-refractivity contribution in [3.63, 3.8) is 0 Å². The van der Waals surface area contributed by atoms with Crippen LogP contribution in [0.1, 0.15) is 82.5 Å². The number of fused-ring (bicyclic) bond motifs is 2. The highest BCUT2D eigenvalue weighted by Gasteiger charge is 2.31. The fourth-order valence-corrected chi connectivity index (χ4v) is 6.96. The smallest absolute Gasteiger partial charge is 0.321 e. The van der Waals surface area contributed by atoms with Gasteiger partial charge in [0.05, 0.1) is 36.1 Å². The van der Waals surface area contributed by atoms with Gasteiger partial charge in [0.25, 0.3) is 5.91 Å². The van der Waals surface area contributed by atoms with Crippen molar-refractivity contribution in [3.8, 4) is 5.75 Å². The number of nitrogens with zero attached hydrogens (tertiary/aromatic N) is 2. The van der Waals surface area contributed by atoms with Crippen molar-refractivity contribution in [2.24, 2.45) is 5.92 Å². The van der Waals surface area contributed by atoms with Crippen LogP contribution >= 0.6 is 0 Å². The number of urea groups is 2. The third kappa shape index (κ3) is 10.4. The van der Waals surface area contributed by atoms with Crippen LogP contribution < -0.4 is 20.7 Å². The maximum Gasteiger partial charge on any atom is 0.321 e. The Kier molecular flexibility index (Phi) is 13.5. The Balaban J connectivity index is 1.35. The SMILES string of the molecule is C[C@H](CO)N1C[C@H](C)[C@H](CN(C)C(=O)Nc2cccc3ccccc23)OCCCC[C@H](C)Oc2ccc(NC(=O)NC3CCCCC3)cc2C1=O. The number of rotatable bonds is 7. The largest absolute Gasteiger partial charge is 0.490 e. The van der Waals surface area contributed by atoms with Crippen molar-refractivity contribution >= 4 is 40.1 Å². The van der Waals surface area contributed by atoms with Crippen LogP contribution in [0, 0.1) is 5.92 Å². The molecule has 11 nitrogen and oxygen atoms in total. The number of amides is 5. The number of likely N-dealkylation sites (N-methyl/N-ethyl adjacent to an activating group) is 1. The predicted molar refractivity (Wildman–Crippen MR) is 201 cm³/mol. The molecule has 3 aromatic carbocycles. The second kappa shape index (κ2) is 18.2. The van der Waals surface area contributed by atoms with E-state index in [0.29, 0.717) is 30.2 Å². The van der Waals surface area contributed by atoms with E-state index < -0.39 is 6.04 Å². The van der Waals surface area contributed by atoms with Gasteiger partial charge in [-0.2, -0.15) is 0 Å². The summed E-state index contributed by atoms with van der Waals surface area (Å²) in [5, 5.41) is 21.3. The molecule has 1 fully saturated rings. The van der Waals surface area contributed by atoms with Crippen LogP contribution in [0.3, 0.4) is 0 Å². The lowest BCUT2D eigenvalue weighted by Gasteiger charge is -2.36. The average molecular weight is 702 g/mol. The summed E-state index contributed by atoms with van der Waals surface area (Å²) in [4.78, 5) is 44.1. The fourth-order valence-electron chi connectivity index (χ4n) is 6.96. The van der Waals surface area contributed by atoms with Crippen LogP contribution in [0.2, 0.25) is 0 Å². The van der Waals surface area contributed by atoms with Crippen molar-refractivity contribution in [1.29, 1.82) is 0 Å². The molecule has 0 saturated heterocycles. The lowest BCUT2D eigenvalue weighted by Crippen LogP contribution is -2.48. The summed E-state index contributed by atoms with van der Waals surface area (Å²) in [6.07, 6.45) is 7.19. The van der Waals surface area contributed by atoms with Gasteiger partial charge in [-0.15, -0.1) is 0 Å². The quantitative estimate of drug-likeness (QED) is 0.205. The van der Waals surface area contributed by atoms with Crippen LogP contribution in [0.15, 0.2) is 60.7 Å². The molecule has 1 aliphatic heterocycles. The Labute approximate surface area is 302 Å². The molecule has 2 aliphatic rings. The Hall–Kier alpha value is -4.35. The third-order valence-corrected chi connectivity index (χ3v) is 10.1. The van der Waals surface area contributed by atoms with E-state index in [1.54, 1.807) is 42.0 Å². The van der Waals surface area contributed by atoms with Crippen molar-refractivity contribution in [2.75, 3.05) is 44.0 Å². The van der Waals surface area contributed by atoms with Crippen molar-refractivity contribution in [2.45, 2.75) is 96.4 Å². The number of carbonyl (C=O) groups excluding carboxylic acids is 3. The molecular weight excluding hydrogens is 646 g/mol. The molecule has 1 saturated carbocycles. The number of ether oxygens (including phenoxy) is 2. The molecule has 4 N–H and O–H groups in total. The van der Waals surface area contributed by atoms with Crippen LogP contribution in [0.4, 0.5) is 21.0 Å². The van der Waals surface area contributed by atoms with E-state index in [-0.39, 0.29) is 55.3 Å². The molecule has 5 amide bonds. The lowest BCUT2D eigenvalue weighted by molar-refractivity contribution is -0.0115. The molecule has 0 spiro atoms. The minimum absolute atomic E-state index is 0.141. The maximum atomic E-state index is 14.5. The van der Waals surface area contributed by atoms with Gasteiger partial charge in [0.15, 0.2) is 0 Å². The Morgan fingerprint density at radius 2 is 1.71 bits per heavy atom. The number of aliphatic hydroxyl groups excluding tert-OH is 1. The number of benzene rings is 3. The highest BCUT2D eigenvalue weighted by Crippen LogP contribution is 2.29. The first kappa shape index (κ1) is 37.9. The second-order valence-electron chi connectivity index (χ2n) is 14.3. The maximum absolute atomic E-state index is 14.5. The van der Waals surface area contributed by atoms with Gasteiger partial charge in [0, 0.05) is 49.8 Å². The minimum atomic E-state index is -0.516. The van der Waals surface area contributed by atoms with Crippen LogP contribution in [-0.2, 0) is 4.74 Å². The second-order valence-corrected chi connectivity index (χ2v) is 14.3. The Morgan fingerprint density at radius 3 is 2.49 bits per heavy atom. The number of hydrogen-bond donors (Lipinski definition) is 4. The summed E-state index contributed by atoms with van der Waals surface area (Å²) >= 11 is 0. The molecular formula is C40H55N5O6. The number of carbonyl (C=O) groups is 3. The number of hydrogen-bond acceptors (Lipinski definition) is 6. The molecule has 1 heterocycles. The monoisotopic (exact) mass is 701 g/mol. The summed E-state index contributed by atoms with van der Waals surface area (Å²) in [5.41, 5.74) is 1.53. The molecule has 0 aromatic heterocycles. The molecule has 3 aromatic rings. The van der Waals surface area contributed by atoms with Crippen molar-refractivity contribution in [3.05, 3.63) is 66.2 Å². The molecule has 1 aliphatic carbocycles. The zero-order chi connectivity index (χ0) is 36.3. The summed E-state index contributed by atoms with van der Waals surface area (Å²) in [5.74, 6) is -0.0902. The fraction of sp³-hybridized carbons (Fsp3) is 0.525. The van der Waals surface area contributed by atoms with E-state index >= 15 is 0 Å². The van der Waals surface area contributed by atoms with E-state index in [9.17, 15) is 19.5 Å². The Morgan fingerprint density at radius 1 is 0.961 bits per heavy atom. The van der Waals surface area contributed by atoms with E-state index in [1.165, 1.54) is 6.42 Å². The van der Waals surface area contributed by atoms with Crippen LogP contribution in [0.5, 0.6) is 5.75 Å². The van der Waals surface area contributed by atoms with Crippen molar-refractivity contribution < 1.29 is 29.0 Å². The molecule has 51 heavy (non-hydrogen) atoms. The van der Waals surface area contributed by atoms with E-state index in [4.69, 9.17) is 9.47 Å². The van der Waals surface area contributed by atoms with Gasteiger partial charge in [-0.05, 0) is 75.6 Å². The number of nitrogens with one attached hydrogen (secondary N) is 3. The summed E-state index contributed by atoms with van der Waals surface area (Å²) < 4.78 is 12.8. The molecule has 276 valence electrons. The van der Waals surface area contributed by atoms with Gasteiger partial charge >= 0.3 is 12.1 Å². The van der Waals surface area contributed by atoms with E-state index in [1.807, 2.05) is 56.3 Å². The van der Waals surface area contributed by atoms with Gasteiger partial charge in [0.1, 0.15) is 5.75 Å². The third-order valence-electron chi connectivity index (χ3n) is 10.1. The molecule has 11 heteroatoms. The topological polar surface area (TPSA) is 132 Å².